The van der Waals surface area contributed by atoms with E-state index in [1.807, 2.05) is 19.1 Å². The molecule has 0 bridgehead atoms. The molecule has 39 heavy (non-hydrogen) atoms. The van der Waals surface area contributed by atoms with Crippen LogP contribution in [0.1, 0.15) is 42.2 Å². The van der Waals surface area contributed by atoms with E-state index in [2.05, 4.69) is 15.8 Å². The molecule has 4 aromatic carbocycles. The summed E-state index contributed by atoms with van der Waals surface area (Å²) in [7, 11) is 0. The van der Waals surface area contributed by atoms with E-state index in [9.17, 15) is 24.5 Å². The first kappa shape index (κ1) is 26.4. The summed E-state index contributed by atoms with van der Waals surface area (Å²) < 4.78 is 5.39. The summed E-state index contributed by atoms with van der Waals surface area (Å²) in [6, 6.07) is 25.2. The second-order valence-corrected chi connectivity index (χ2v) is 8.33. The molecule has 10 nitrogen and oxygen atoms in total. The number of rotatable bonds is 8. The summed E-state index contributed by atoms with van der Waals surface area (Å²) >= 11 is 0. The Balaban J connectivity index is 1.42. The van der Waals surface area contributed by atoms with Crippen LogP contribution in [0.4, 0.5) is 11.4 Å². The molecule has 0 heterocycles. The van der Waals surface area contributed by atoms with Crippen LogP contribution in [0.15, 0.2) is 102 Å². The monoisotopic (exact) mass is 522 g/mol. The number of ether oxygens (including phenoxy) is 1. The second-order valence-electron chi connectivity index (χ2n) is 8.33. The van der Waals surface area contributed by atoms with Gasteiger partial charge in [-0.3, -0.25) is 19.7 Å². The highest BCUT2D eigenvalue weighted by Crippen LogP contribution is 2.24. The highest BCUT2D eigenvalue weighted by Gasteiger charge is 2.15. The van der Waals surface area contributed by atoms with Gasteiger partial charge in [-0.1, -0.05) is 35.9 Å². The zero-order chi connectivity index (χ0) is 27.8. The smallest absolute Gasteiger partial charge is 0.343 e. The van der Waals surface area contributed by atoms with Crippen molar-refractivity contribution in [2.45, 2.75) is 6.92 Å². The summed E-state index contributed by atoms with van der Waals surface area (Å²) in [5, 5.41) is 17.8. The number of hydrogen-bond donors (Lipinski definition) is 2. The van der Waals surface area contributed by atoms with Crippen LogP contribution in [0.3, 0.4) is 0 Å². The predicted octanol–water partition coefficient (Wildman–Crippen LogP) is 5.14. The van der Waals surface area contributed by atoms with Gasteiger partial charge in [0.25, 0.3) is 17.5 Å². The maximum Gasteiger partial charge on any atom is 0.343 e. The van der Waals surface area contributed by atoms with Crippen LogP contribution in [-0.4, -0.2) is 28.9 Å². The molecule has 4 aromatic rings. The Bertz CT molecular complexity index is 1550. The van der Waals surface area contributed by atoms with Crippen LogP contribution in [0, 0.1) is 17.0 Å². The molecular weight excluding hydrogens is 500 g/mol. The Morgan fingerprint density at radius 1 is 0.821 bits per heavy atom. The number of nitro benzene ring substituents is 1. The number of hydrazone groups is 1. The number of carbonyl (C=O) groups is 3. The summed E-state index contributed by atoms with van der Waals surface area (Å²) in [6.45, 7) is 1.93. The van der Waals surface area contributed by atoms with Gasteiger partial charge in [-0.2, -0.15) is 5.10 Å². The molecular formula is C29H22N4O6. The number of amides is 2. The molecule has 0 aliphatic rings. The van der Waals surface area contributed by atoms with Crippen LogP contribution in [0.5, 0.6) is 5.75 Å². The van der Waals surface area contributed by atoms with Crippen LogP contribution in [-0.2, 0) is 0 Å². The third-order valence-corrected chi connectivity index (χ3v) is 5.50. The maximum atomic E-state index is 12.5. The molecule has 0 aliphatic heterocycles. The first-order valence-electron chi connectivity index (χ1n) is 11.7. The quantitative estimate of drug-likeness (QED) is 0.108. The lowest BCUT2D eigenvalue weighted by atomic mass is 10.1. The number of aryl methyl sites for hydroxylation is 1. The Kier molecular flexibility index (Phi) is 8.17. The van der Waals surface area contributed by atoms with Gasteiger partial charge in [-0.25, -0.2) is 10.2 Å². The Hall–Kier alpha value is -5.64. The largest absolute Gasteiger partial charge is 0.422 e. The summed E-state index contributed by atoms with van der Waals surface area (Å²) in [5.74, 6) is -1.47. The van der Waals surface area contributed by atoms with Crippen molar-refractivity contribution in [3.8, 4) is 5.75 Å². The standard InChI is InChI=1S/C29H22N4O6/c1-19-7-9-20(10-8-19)27(34)31-24-13-11-21(12-14-24)28(35)32-30-18-23-17-25(33(37)38)15-16-26(23)39-29(36)22-5-3-2-4-6-22/h2-18H,1H3,(H,31,34)(H,32,35)/b30-18+. The minimum atomic E-state index is -0.655. The van der Waals surface area contributed by atoms with Gasteiger partial charge in [0.05, 0.1) is 16.7 Å². The minimum absolute atomic E-state index is 0.0288. The number of nitrogens with zero attached hydrogens (tertiary/aromatic N) is 2. The molecule has 2 amide bonds. The van der Waals surface area contributed by atoms with E-state index in [0.717, 1.165) is 11.8 Å². The maximum absolute atomic E-state index is 12.5. The van der Waals surface area contributed by atoms with E-state index >= 15 is 0 Å². The number of nitrogens with one attached hydrogen (secondary N) is 2. The number of hydrogen-bond acceptors (Lipinski definition) is 7. The second kappa shape index (κ2) is 12.1. The Morgan fingerprint density at radius 3 is 2.13 bits per heavy atom. The van der Waals surface area contributed by atoms with Gasteiger partial charge in [0.15, 0.2) is 0 Å². The molecule has 0 atom stereocenters. The highest BCUT2D eigenvalue weighted by molar-refractivity contribution is 6.04. The summed E-state index contributed by atoms with van der Waals surface area (Å²) in [6.07, 6.45) is 1.15. The number of non-ortho nitro benzene ring substituents is 1. The van der Waals surface area contributed by atoms with Crippen molar-refractivity contribution in [3.63, 3.8) is 0 Å². The summed E-state index contributed by atoms with van der Waals surface area (Å²) in [5.41, 5.74) is 4.81. The fourth-order valence-corrected chi connectivity index (χ4v) is 3.41. The molecule has 0 saturated heterocycles. The van der Waals surface area contributed by atoms with E-state index < -0.39 is 16.8 Å². The molecule has 0 aromatic heterocycles. The zero-order valence-corrected chi connectivity index (χ0v) is 20.7. The SMILES string of the molecule is Cc1ccc(C(=O)Nc2ccc(C(=O)N/N=C/c3cc([N+](=O)[O-])ccc3OC(=O)c3ccccc3)cc2)cc1. The lowest BCUT2D eigenvalue weighted by molar-refractivity contribution is -0.384. The third kappa shape index (κ3) is 6.98. The molecule has 194 valence electrons. The molecule has 4 rings (SSSR count). The van der Waals surface area contributed by atoms with Crippen LogP contribution >= 0.6 is 0 Å². The molecule has 0 radical (unpaired) electrons. The molecule has 0 spiro atoms. The van der Waals surface area contributed by atoms with Crippen LogP contribution in [0.2, 0.25) is 0 Å². The van der Waals surface area contributed by atoms with Crippen molar-refractivity contribution in [3.05, 3.63) is 135 Å². The van der Waals surface area contributed by atoms with Gasteiger partial charge < -0.3 is 10.1 Å². The van der Waals surface area contributed by atoms with Crippen molar-refractivity contribution >= 4 is 35.4 Å². The molecule has 10 heteroatoms. The van der Waals surface area contributed by atoms with E-state index in [1.54, 1.807) is 54.6 Å². The molecule has 2 N–H and O–H groups in total. The van der Waals surface area contributed by atoms with E-state index in [0.29, 0.717) is 16.8 Å². The Labute approximate surface area is 223 Å². The molecule has 0 aliphatic carbocycles. The van der Waals surface area contributed by atoms with Gasteiger partial charge in [-0.05, 0) is 61.5 Å². The topological polar surface area (TPSA) is 140 Å². The fourth-order valence-electron chi connectivity index (χ4n) is 3.41. The fraction of sp³-hybridized carbons (Fsp3) is 0.0345. The Morgan fingerprint density at radius 2 is 1.46 bits per heavy atom. The van der Waals surface area contributed by atoms with Gasteiger partial charge >= 0.3 is 5.97 Å². The highest BCUT2D eigenvalue weighted by atomic mass is 16.6. The van der Waals surface area contributed by atoms with Crippen molar-refractivity contribution in [1.82, 2.24) is 5.43 Å². The molecule has 0 fully saturated rings. The predicted molar refractivity (Wildman–Crippen MR) is 145 cm³/mol. The average Bonchev–Trinajstić information content (AvgIpc) is 2.94. The minimum Gasteiger partial charge on any atom is -0.422 e. The van der Waals surface area contributed by atoms with E-state index in [-0.39, 0.29) is 28.5 Å². The van der Waals surface area contributed by atoms with Crippen molar-refractivity contribution in [2.75, 3.05) is 5.32 Å². The van der Waals surface area contributed by atoms with Gasteiger partial charge in [-0.15, -0.1) is 0 Å². The van der Waals surface area contributed by atoms with Crippen molar-refractivity contribution in [1.29, 1.82) is 0 Å². The number of benzene rings is 4. The first-order chi connectivity index (χ1) is 18.8. The number of nitro groups is 1. The normalized spacial score (nSPS) is 10.6. The van der Waals surface area contributed by atoms with Crippen molar-refractivity contribution in [2.24, 2.45) is 5.10 Å². The zero-order valence-electron chi connectivity index (χ0n) is 20.7. The number of carbonyl (C=O) groups excluding carboxylic acids is 3. The van der Waals surface area contributed by atoms with Crippen molar-refractivity contribution < 1.29 is 24.0 Å². The van der Waals surface area contributed by atoms with Crippen LogP contribution < -0.4 is 15.5 Å². The van der Waals surface area contributed by atoms with E-state index in [1.165, 1.54) is 30.3 Å². The van der Waals surface area contributed by atoms with E-state index in [4.69, 9.17) is 4.74 Å². The summed E-state index contributed by atoms with van der Waals surface area (Å²) in [4.78, 5) is 48.0. The van der Waals surface area contributed by atoms with Gasteiger partial charge in [0, 0.05) is 34.5 Å². The van der Waals surface area contributed by atoms with Crippen LogP contribution in [0.25, 0.3) is 0 Å². The number of anilines is 1. The first-order valence-corrected chi connectivity index (χ1v) is 11.7. The van der Waals surface area contributed by atoms with Gasteiger partial charge in [0.1, 0.15) is 5.75 Å². The third-order valence-electron chi connectivity index (χ3n) is 5.50. The lowest BCUT2D eigenvalue weighted by Crippen LogP contribution is -2.18. The van der Waals surface area contributed by atoms with Gasteiger partial charge in [0.2, 0.25) is 0 Å². The number of esters is 1. The average molecular weight is 523 g/mol. The molecule has 0 unspecified atom stereocenters. The molecule has 0 saturated carbocycles. The lowest BCUT2D eigenvalue weighted by Gasteiger charge is -2.08.